The first kappa shape index (κ1) is 17.8. The number of hydrogen-bond acceptors (Lipinski definition) is 3. The molecule has 2 atom stereocenters. The summed E-state index contributed by atoms with van der Waals surface area (Å²) in [6.45, 7) is 3.39. The Labute approximate surface area is 153 Å². The molecule has 0 aromatic heterocycles. The van der Waals surface area contributed by atoms with Gasteiger partial charge in [-0.25, -0.2) is 0 Å². The highest BCUT2D eigenvalue weighted by atomic mass is 35.5. The van der Waals surface area contributed by atoms with E-state index in [-0.39, 0.29) is 11.8 Å². The summed E-state index contributed by atoms with van der Waals surface area (Å²) in [5, 5.41) is 7.08. The number of rotatable bonds is 5. The molecule has 0 spiro atoms. The van der Waals surface area contributed by atoms with Gasteiger partial charge in [-0.3, -0.25) is 4.79 Å². The summed E-state index contributed by atoms with van der Waals surface area (Å²) >= 11 is 6.01. The highest BCUT2D eigenvalue weighted by Crippen LogP contribution is 2.27. The molecule has 2 N–H and O–H groups in total. The number of amides is 1. The van der Waals surface area contributed by atoms with Crippen LogP contribution >= 0.6 is 11.6 Å². The molecule has 25 heavy (non-hydrogen) atoms. The second-order valence-electron chi connectivity index (χ2n) is 6.48. The van der Waals surface area contributed by atoms with Crippen molar-refractivity contribution in [2.75, 3.05) is 11.9 Å². The number of nitrogens with one attached hydrogen (secondary N) is 2. The minimum Gasteiger partial charge on any atom is -0.487 e. The summed E-state index contributed by atoms with van der Waals surface area (Å²) in [5.41, 5.74) is 1.70. The van der Waals surface area contributed by atoms with Crippen LogP contribution in [-0.2, 0) is 11.4 Å². The van der Waals surface area contributed by atoms with Crippen molar-refractivity contribution in [1.29, 1.82) is 0 Å². The van der Waals surface area contributed by atoms with Gasteiger partial charge in [0.1, 0.15) is 12.4 Å². The molecule has 3 rings (SSSR count). The molecule has 1 saturated heterocycles. The Morgan fingerprint density at radius 2 is 2.12 bits per heavy atom. The molecule has 132 valence electrons. The van der Waals surface area contributed by atoms with E-state index >= 15 is 0 Å². The third kappa shape index (κ3) is 4.97. The lowest BCUT2D eigenvalue weighted by molar-refractivity contribution is -0.120. The molecule has 1 fully saturated rings. The van der Waals surface area contributed by atoms with E-state index in [0.717, 1.165) is 24.9 Å². The van der Waals surface area contributed by atoms with E-state index in [2.05, 4.69) is 17.6 Å². The number of ether oxygens (including phenoxy) is 1. The quantitative estimate of drug-likeness (QED) is 0.840. The van der Waals surface area contributed by atoms with Gasteiger partial charge in [0.25, 0.3) is 0 Å². The van der Waals surface area contributed by atoms with Crippen molar-refractivity contribution in [1.82, 2.24) is 5.32 Å². The summed E-state index contributed by atoms with van der Waals surface area (Å²) in [4.78, 5) is 12.6. The van der Waals surface area contributed by atoms with Crippen LogP contribution in [0.4, 0.5) is 5.69 Å². The fourth-order valence-electron chi connectivity index (χ4n) is 3.09. The Bertz CT molecular complexity index is 735. The SMILES string of the molecule is C[C@H]1C[C@@H](C(=O)Nc2ccccc2OCc2cccc(Cl)c2)CCN1. The summed E-state index contributed by atoms with van der Waals surface area (Å²) in [7, 11) is 0. The number of para-hydroxylation sites is 2. The zero-order valence-corrected chi connectivity index (χ0v) is 15.1. The highest BCUT2D eigenvalue weighted by molar-refractivity contribution is 6.30. The molecule has 1 aliphatic rings. The van der Waals surface area contributed by atoms with Gasteiger partial charge in [0.15, 0.2) is 0 Å². The summed E-state index contributed by atoms with van der Waals surface area (Å²) in [6.07, 6.45) is 1.72. The number of benzene rings is 2. The Hall–Kier alpha value is -2.04. The number of carbonyl (C=O) groups is 1. The van der Waals surface area contributed by atoms with Gasteiger partial charge in [0.2, 0.25) is 5.91 Å². The van der Waals surface area contributed by atoms with E-state index in [1.807, 2.05) is 48.5 Å². The highest BCUT2D eigenvalue weighted by Gasteiger charge is 2.25. The standard InChI is InChI=1S/C20H23ClN2O2/c1-14-11-16(9-10-22-14)20(24)23-18-7-2-3-8-19(18)25-13-15-5-4-6-17(21)12-15/h2-8,12,14,16,22H,9-11,13H2,1H3,(H,23,24)/t14-,16-/m0/s1. The molecular formula is C20H23ClN2O2. The van der Waals surface area contributed by atoms with E-state index in [9.17, 15) is 4.79 Å². The first-order valence-electron chi connectivity index (χ1n) is 8.62. The molecule has 0 bridgehead atoms. The predicted octanol–water partition coefficient (Wildman–Crippen LogP) is 4.25. The van der Waals surface area contributed by atoms with Gasteiger partial charge >= 0.3 is 0 Å². The van der Waals surface area contributed by atoms with Crippen LogP contribution in [0.1, 0.15) is 25.3 Å². The first-order chi connectivity index (χ1) is 12.1. The lowest BCUT2D eigenvalue weighted by atomic mass is 9.92. The largest absolute Gasteiger partial charge is 0.487 e. The van der Waals surface area contributed by atoms with Gasteiger partial charge in [-0.15, -0.1) is 0 Å². The topological polar surface area (TPSA) is 50.4 Å². The minimum absolute atomic E-state index is 0.0391. The van der Waals surface area contributed by atoms with Crippen molar-refractivity contribution in [3.8, 4) is 5.75 Å². The van der Waals surface area contributed by atoms with Gasteiger partial charge in [0.05, 0.1) is 5.69 Å². The fourth-order valence-corrected chi connectivity index (χ4v) is 3.30. The van der Waals surface area contributed by atoms with Crippen molar-refractivity contribution in [3.63, 3.8) is 0 Å². The lowest BCUT2D eigenvalue weighted by Gasteiger charge is -2.27. The van der Waals surface area contributed by atoms with Crippen LogP contribution in [0.15, 0.2) is 48.5 Å². The summed E-state index contributed by atoms with van der Waals surface area (Å²) in [5.74, 6) is 0.766. The third-order valence-electron chi connectivity index (χ3n) is 4.42. The number of carbonyl (C=O) groups excluding carboxylic acids is 1. The molecule has 2 aromatic rings. The molecule has 1 aliphatic heterocycles. The lowest BCUT2D eigenvalue weighted by Crippen LogP contribution is -2.40. The maximum atomic E-state index is 12.6. The molecule has 1 heterocycles. The van der Waals surface area contributed by atoms with E-state index in [4.69, 9.17) is 16.3 Å². The van der Waals surface area contributed by atoms with Crippen molar-refractivity contribution in [2.45, 2.75) is 32.4 Å². The van der Waals surface area contributed by atoms with Crippen molar-refractivity contribution in [3.05, 3.63) is 59.1 Å². The summed E-state index contributed by atoms with van der Waals surface area (Å²) in [6, 6.07) is 15.5. The number of anilines is 1. The number of halogens is 1. The zero-order chi connectivity index (χ0) is 17.6. The fraction of sp³-hybridized carbons (Fsp3) is 0.350. The monoisotopic (exact) mass is 358 g/mol. The summed E-state index contributed by atoms with van der Waals surface area (Å²) < 4.78 is 5.90. The molecule has 0 radical (unpaired) electrons. The van der Waals surface area contributed by atoms with E-state index in [1.54, 1.807) is 0 Å². The molecule has 5 heteroatoms. The number of hydrogen-bond donors (Lipinski definition) is 2. The van der Waals surface area contributed by atoms with Crippen LogP contribution < -0.4 is 15.4 Å². The van der Waals surface area contributed by atoms with Crippen LogP contribution in [0.25, 0.3) is 0 Å². The van der Waals surface area contributed by atoms with E-state index in [0.29, 0.717) is 29.1 Å². The maximum Gasteiger partial charge on any atom is 0.227 e. The van der Waals surface area contributed by atoms with Gasteiger partial charge in [-0.1, -0.05) is 35.9 Å². The average Bonchev–Trinajstić information content (AvgIpc) is 2.61. The second-order valence-corrected chi connectivity index (χ2v) is 6.92. The van der Waals surface area contributed by atoms with Crippen molar-refractivity contribution >= 4 is 23.2 Å². The Morgan fingerprint density at radius 3 is 2.92 bits per heavy atom. The van der Waals surface area contributed by atoms with Crippen LogP contribution in [0, 0.1) is 5.92 Å². The van der Waals surface area contributed by atoms with Gasteiger partial charge in [0, 0.05) is 17.0 Å². The average molecular weight is 359 g/mol. The molecule has 2 aromatic carbocycles. The Kier molecular flexibility index (Phi) is 5.95. The van der Waals surface area contributed by atoms with Gasteiger partial charge < -0.3 is 15.4 Å². The molecule has 4 nitrogen and oxygen atoms in total. The molecular weight excluding hydrogens is 336 g/mol. The third-order valence-corrected chi connectivity index (χ3v) is 4.66. The Balaban J connectivity index is 1.65. The van der Waals surface area contributed by atoms with Crippen LogP contribution in [0.3, 0.4) is 0 Å². The maximum absolute atomic E-state index is 12.6. The van der Waals surface area contributed by atoms with Gasteiger partial charge in [-0.2, -0.15) is 0 Å². The van der Waals surface area contributed by atoms with Gasteiger partial charge in [-0.05, 0) is 56.1 Å². The molecule has 0 saturated carbocycles. The molecule has 1 amide bonds. The molecule has 0 aliphatic carbocycles. The number of piperidine rings is 1. The second kappa shape index (κ2) is 8.37. The first-order valence-corrected chi connectivity index (χ1v) is 9.00. The van der Waals surface area contributed by atoms with Crippen LogP contribution in [0.5, 0.6) is 5.75 Å². The molecule has 0 unspecified atom stereocenters. The van der Waals surface area contributed by atoms with Crippen molar-refractivity contribution in [2.24, 2.45) is 5.92 Å². The van der Waals surface area contributed by atoms with Crippen LogP contribution in [-0.4, -0.2) is 18.5 Å². The zero-order valence-electron chi connectivity index (χ0n) is 14.3. The smallest absolute Gasteiger partial charge is 0.227 e. The van der Waals surface area contributed by atoms with Crippen molar-refractivity contribution < 1.29 is 9.53 Å². The minimum atomic E-state index is 0.0391. The van der Waals surface area contributed by atoms with Crippen LogP contribution in [0.2, 0.25) is 5.02 Å². The van der Waals surface area contributed by atoms with E-state index in [1.165, 1.54) is 0 Å². The normalized spacial score (nSPS) is 20.1. The van der Waals surface area contributed by atoms with E-state index < -0.39 is 0 Å². The Morgan fingerprint density at radius 1 is 1.28 bits per heavy atom. The predicted molar refractivity (Wildman–Crippen MR) is 101 cm³/mol.